The first kappa shape index (κ1) is 13.7. The molecule has 0 amide bonds. The predicted molar refractivity (Wildman–Crippen MR) is 74.6 cm³/mol. The Bertz CT molecular complexity index is 544. The van der Waals surface area contributed by atoms with Gasteiger partial charge in [-0.15, -0.1) is 0 Å². The highest BCUT2D eigenvalue weighted by Crippen LogP contribution is 2.13. The average molecular weight is 327 g/mol. The van der Waals surface area contributed by atoms with Crippen molar-refractivity contribution in [1.29, 1.82) is 0 Å². The second-order valence-electron chi connectivity index (χ2n) is 3.70. The summed E-state index contributed by atoms with van der Waals surface area (Å²) in [6, 6.07) is 0.290. The van der Waals surface area contributed by atoms with Crippen molar-refractivity contribution in [2.24, 2.45) is 0 Å². The van der Waals surface area contributed by atoms with Crippen molar-refractivity contribution in [3.05, 3.63) is 16.9 Å². The van der Waals surface area contributed by atoms with Crippen LogP contribution < -0.4 is 10.1 Å². The Morgan fingerprint density at radius 2 is 2.16 bits per heavy atom. The van der Waals surface area contributed by atoms with Crippen molar-refractivity contribution < 1.29 is 4.74 Å². The van der Waals surface area contributed by atoms with E-state index >= 15 is 0 Å². The topological polar surface area (TPSA) is 77.8 Å². The molecule has 0 saturated heterocycles. The molecule has 2 aromatic rings. The van der Waals surface area contributed by atoms with Gasteiger partial charge in [0, 0.05) is 12.7 Å². The molecule has 8 heteroatoms. The quantitative estimate of drug-likeness (QED) is 0.875. The van der Waals surface area contributed by atoms with Crippen LogP contribution in [0.1, 0.15) is 20.3 Å². The molecule has 2 heterocycles. The second kappa shape index (κ2) is 6.46. The molecule has 0 fully saturated rings. The Hall–Kier alpha value is -1.70. The summed E-state index contributed by atoms with van der Waals surface area (Å²) in [5.74, 6) is 0.907. The van der Waals surface area contributed by atoms with Gasteiger partial charge in [-0.2, -0.15) is 20.1 Å². The smallest absolute Gasteiger partial charge is 0.323 e. The van der Waals surface area contributed by atoms with Gasteiger partial charge in [-0.25, -0.2) is 4.68 Å². The molecule has 0 aliphatic rings. The van der Waals surface area contributed by atoms with Crippen molar-refractivity contribution in [2.45, 2.75) is 20.3 Å². The van der Waals surface area contributed by atoms with Crippen molar-refractivity contribution in [3.8, 4) is 12.0 Å². The van der Waals surface area contributed by atoms with Crippen LogP contribution in [0.2, 0.25) is 0 Å². The fourth-order valence-corrected chi connectivity index (χ4v) is 1.65. The van der Waals surface area contributed by atoms with E-state index in [0.29, 0.717) is 18.5 Å². The minimum Gasteiger partial charge on any atom is -0.464 e. The van der Waals surface area contributed by atoms with Crippen molar-refractivity contribution in [2.75, 3.05) is 18.5 Å². The van der Waals surface area contributed by atoms with Crippen molar-refractivity contribution in [1.82, 2.24) is 24.7 Å². The van der Waals surface area contributed by atoms with Crippen molar-refractivity contribution >= 4 is 21.9 Å². The maximum atomic E-state index is 5.34. The SMILES string of the molecule is CCCNc1nc(OCC)nc(-n2cc(Br)cn2)n1. The molecular weight excluding hydrogens is 312 g/mol. The van der Waals surface area contributed by atoms with E-state index in [-0.39, 0.29) is 6.01 Å². The standard InChI is InChI=1S/C11H15BrN6O/c1-3-5-13-9-15-10(17-11(16-9)19-4-2)18-7-8(12)6-14-18/h6-7H,3-5H2,1-2H3,(H,13,15,16,17). The minimum absolute atomic E-state index is 0.290. The van der Waals surface area contributed by atoms with E-state index in [1.807, 2.05) is 6.92 Å². The van der Waals surface area contributed by atoms with Crippen LogP contribution in [0.5, 0.6) is 6.01 Å². The molecule has 0 bridgehead atoms. The van der Waals surface area contributed by atoms with Crippen LogP contribution in [-0.2, 0) is 0 Å². The lowest BCUT2D eigenvalue weighted by atomic mass is 10.5. The van der Waals surface area contributed by atoms with Gasteiger partial charge in [0.2, 0.25) is 5.95 Å². The third kappa shape index (κ3) is 3.63. The average Bonchev–Trinajstić information content (AvgIpc) is 2.83. The Labute approximate surface area is 119 Å². The summed E-state index contributed by atoms with van der Waals surface area (Å²) in [6.07, 6.45) is 4.43. The van der Waals surface area contributed by atoms with E-state index in [2.05, 4.69) is 48.2 Å². The van der Waals surface area contributed by atoms with Crippen LogP contribution in [0.3, 0.4) is 0 Å². The number of aromatic nitrogens is 5. The molecule has 0 unspecified atom stereocenters. The summed E-state index contributed by atoms with van der Waals surface area (Å²) in [5, 5.41) is 7.26. The summed E-state index contributed by atoms with van der Waals surface area (Å²) >= 11 is 3.34. The first-order chi connectivity index (χ1) is 9.22. The van der Waals surface area contributed by atoms with Gasteiger partial charge in [-0.1, -0.05) is 6.92 Å². The van der Waals surface area contributed by atoms with Gasteiger partial charge in [-0.3, -0.25) is 0 Å². The van der Waals surface area contributed by atoms with Gasteiger partial charge < -0.3 is 10.1 Å². The molecule has 0 radical (unpaired) electrons. The van der Waals surface area contributed by atoms with E-state index in [4.69, 9.17) is 4.74 Å². The summed E-state index contributed by atoms with van der Waals surface area (Å²) in [7, 11) is 0. The normalized spacial score (nSPS) is 10.5. The summed E-state index contributed by atoms with van der Waals surface area (Å²) in [5.41, 5.74) is 0. The van der Waals surface area contributed by atoms with E-state index in [0.717, 1.165) is 17.4 Å². The molecular formula is C11H15BrN6O. The third-order valence-corrected chi connectivity index (χ3v) is 2.58. The molecule has 0 atom stereocenters. The second-order valence-corrected chi connectivity index (χ2v) is 4.62. The number of ether oxygens (including phenoxy) is 1. The van der Waals surface area contributed by atoms with Crippen LogP contribution in [0, 0.1) is 0 Å². The van der Waals surface area contributed by atoms with Gasteiger partial charge in [-0.05, 0) is 29.3 Å². The van der Waals surface area contributed by atoms with Crippen molar-refractivity contribution in [3.63, 3.8) is 0 Å². The van der Waals surface area contributed by atoms with Gasteiger partial charge in [0.25, 0.3) is 5.95 Å². The highest BCUT2D eigenvalue weighted by atomic mass is 79.9. The van der Waals surface area contributed by atoms with Crippen LogP contribution in [0.4, 0.5) is 5.95 Å². The number of nitrogens with one attached hydrogen (secondary N) is 1. The van der Waals surface area contributed by atoms with Gasteiger partial charge in [0.05, 0.1) is 17.3 Å². The van der Waals surface area contributed by atoms with E-state index in [1.54, 1.807) is 17.1 Å². The summed E-state index contributed by atoms with van der Waals surface area (Å²) in [4.78, 5) is 12.7. The zero-order chi connectivity index (χ0) is 13.7. The highest BCUT2D eigenvalue weighted by molar-refractivity contribution is 9.10. The molecule has 102 valence electrons. The number of hydrogen-bond acceptors (Lipinski definition) is 6. The summed E-state index contributed by atoms with van der Waals surface area (Å²) in [6.45, 7) is 5.24. The number of halogens is 1. The lowest BCUT2D eigenvalue weighted by Gasteiger charge is -2.07. The zero-order valence-corrected chi connectivity index (χ0v) is 12.4. The predicted octanol–water partition coefficient (Wildman–Crippen LogP) is 2.04. The molecule has 1 N–H and O–H groups in total. The number of hydrogen-bond donors (Lipinski definition) is 1. The largest absolute Gasteiger partial charge is 0.464 e. The maximum Gasteiger partial charge on any atom is 0.323 e. The van der Waals surface area contributed by atoms with Gasteiger partial charge in [0.1, 0.15) is 0 Å². The third-order valence-electron chi connectivity index (χ3n) is 2.17. The first-order valence-electron chi connectivity index (χ1n) is 6.06. The molecule has 0 aliphatic heterocycles. The van der Waals surface area contributed by atoms with Gasteiger partial charge >= 0.3 is 6.01 Å². The van der Waals surface area contributed by atoms with E-state index in [1.165, 1.54) is 0 Å². The molecule has 0 saturated carbocycles. The first-order valence-corrected chi connectivity index (χ1v) is 6.85. The lowest BCUT2D eigenvalue weighted by Crippen LogP contribution is -2.11. The molecule has 7 nitrogen and oxygen atoms in total. The Morgan fingerprint density at radius 1 is 1.32 bits per heavy atom. The molecule has 0 aromatic carbocycles. The number of nitrogens with zero attached hydrogens (tertiary/aromatic N) is 5. The van der Waals surface area contributed by atoms with Gasteiger partial charge in [0.15, 0.2) is 0 Å². The lowest BCUT2D eigenvalue weighted by molar-refractivity contribution is 0.311. The Kier molecular flexibility index (Phi) is 4.67. The van der Waals surface area contributed by atoms with Crippen LogP contribution >= 0.6 is 15.9 Å². The Balaban J connectivity index is 2.33. The maximum absolute atomic E-state index is 5.34. The monoisotopic (exact) mass is 326 g/mol. The highest BCUT2D eigenvalue weighted by Gasteiger charge is 2.09. The number of rotatable bonds is 6. The molecule has 0 spiro atoms. The van der Waals surface area contributed by atoms with Crippen LogP contribution in [0.25, 0.3) is 5.95 Å². The molecule has 2 rings (SSSR count). The van der Waals surface area contributed by atoms with Crippen LogP contribution in [-0.4, -0.2) is 37.9 Å². The molecule has 0 aliphatic carbocycles. The molecule has 19 heavy (non-hydrogen) atoms. The summed E-state index contributed by atoms with van der Waals surface area (Å²) < 4.78 is 7.76. The van der Waals surface area contributed by atoms with Crippen LogP contribution in [0.15, 0.2) is 16.9 Å². The number of anilines is 1. The fourth-order valence-electron chi connectivity index (χ4n) is 1.37. The Morgan fingerprint density at radius 3 is 2.79 bits per heavy atom. The van der Waals surface area contributed by atoms with E-state index in [9.17, 15) is 0 Å². The minimum atomic E-state index is 0.290. The van der Waals surface area contributed by atoms with E-state index < -0.39 is 0 Å². The molecule has 2 aromatic heterocycles. The fraction of sp³-hybridized carbons (Fsp3) is 0.455. The zero-order valence-electron chi connectivity index (χ0n) is 10.8.